The van der Waals surface area contributed by atoms with Crippen molar-refractivity contribution in [2.75, 3.05) is 20.0 Å². The van der Waals surface area contributed by atoms with Crippen molar-refractivity contribution in [2.24, 2.45) is 22.7 Å². The predicted molar refractivity (Wildman–Crippen MR) is 84.4 cm³/mol. The highest BCUT2D eigenvalue weighted by atomic mass is 32.2. The van der Waals surface area contributed by atoms with E-state index in [1.54, 1.807) is 13.8 Å². The van der Waals surface area contributed by atoms with E-state index >= 15 is 0 Å². The number of nitrogens with zero attached hydrogens (tertiary/aromatic N) is 1. The SMILES string of the molecule is CCOC(=O)[C@@]1(C)N=C(SC)[C@@H](C(=O)OC)[C@@H]1CC(C)C. The highest BCUT2D eigenvalue weighted by molar-refractivity contribution is 8.13. The van der Waals surface area contributed by atoms with E-state index in [4.69, 9.17) is 9.47 Å². The molecule has 0 N–H and O–H groups in total. The molecule has 0 fully saturated rings. The van der Waals surface area contributed by atoms with Crippen LogP contribution in [0.4, 0.5) is 0 Å². The molecule has 1 rings (SSSR count). The van der Waals surface area contributed by atoms with Crippen LogP contribution < -0.4 is 0 Å². The van der Waals surface area contributed by atoms with Gasteiger partial charge in [0.15, 0.2) is 5.54 Å². The minimum Gasteiger partial charge on any atom is -0.468 e. The van der Waals surface area contributed by atoms with Crippen LogP contribution in [0, 0.1) is 17.8 Å². The number of hydrogen-bond donors (Lipinski definition) is 0. The zero-order valence-electron chi connectivity index (χ0n) is 13.6. The average molecular weight is 315 g/mol. The van der Waals surface area contributed by atoms with Gasteiger partial charge in [-0.15, -0.1) is 11.8 Å². The number of carbonyl (C=O) groups is 2. The largest absolute Gasteiger partial charge is 0.468 e. The molecular weight excluding hydrogens is 290 g/mol. The summed E-state index contributed by atoms with van der Waals surface area (Å²) < 4.78 is 10.1. The minimum absolute atomic E-state index is 0.230. The lowest BCUT2D eigenvalue weighted by Crippen LogP contribution is -2.44. The topological polar surface area (TPSA) is 65.0 Å². The molecule has 0 aromatic carbocycles. The summed E-state index contributed by atoms with van der Waals surface area (Å²) in [4.78, 5) is 29.1. The highest BCUT2D eigenvalue weighted by Crippen LogP contribution is 2.44. The second-order valence-electron chi connectivity index (χ2n) is 5.76. The van der Waals surface area contributed by atoms with Crippen molar-refractivity contribution < 1.29 is 19.1 Å². The Morgan fingerprint density at radius 2 is 2.05 bits per heavy atom. The van der Waals surface area contributed by atoms with E-state index in [1.165, 1.54) is 18.9 Å². The van der Waals surface area contributed by atoms with Crippen LogP contribution in [-0.4, -0.2) is 42.5 Å². The normalized spacial score (nSPS) is 28.4. The van der Waals surface area contributed by atoms with Crippen molar-refractivity contribution in [2.45, 2.75) is 39.7 Å². The van der Waals surface area contributed by atoms with Gasteiger partial charge in [-0.1, -0.05) is 13.8 Å². The molecule has 1 heterocycles. The summed E-state index contributed by atoms with van der Waals surface area (Å²) in [6.07, 6.45) is 2.57. The number of carbonyl (C=O) groups excluding carboxylic acids is 2. The molecule has 0 aliphatic carbocycles. The standard InChI is InChI=1S/C15H25NO4S/c1-7-20-14(18)15(4)10(8-9(2)3)11(13(17)19-5)12(16-15)21-6/h9-11H,7-8H2,1-6H3/t10-,11-,15-/m0/s1. The molecule has 0 bridgehead atoms. The van der Waals surface area contributed by atoms with Crippen LogP contribution in [0.15, 0.2) is 4.99 Å². The Morgan fingerprint density at radius 3 is 2.48 bits per heavy atom. The maximum atomic E-state index is 12.4. The Bertz CT molecular complexity index is 435. The van der Waals surface area contributed by atoms with Gasteiger partial charge in [0.25, 0.3) is 0 Å². The molecule has 0 saturated heterocycles. The maximum Gasteiger partial charge on any atom is 0.334 e. The molecule has 5 nitrogen and oxygen atoms in total. The van der Waals surface area contributed by atoms with E-state index in [2.05, 4.69) is 18.8 Å². The summed E-state index contributed by atoms with van der Waals surface area (Å²) >= 11 is 1.39. The quantitative estimate of drug-likeness (QED) is 0.729. The number of ether oxygens (including phenoxy) is 2. The lowest BCUT2D eigenvalue weighted by molar-refractivity contribution is -0.153. The van der Waals surface area contributed by atoms with E-state index in [9.17, 15) is 9.59 Å². The smallest absolute Gasteiger partial charge is 0.334 e. The van der Waals surface area contributed by atoms with Gasteiger partial charge in [-0.2, -0.15) is 0 Å². The molecule has 21 heavy (non-hydrogen) atoms. The fraction of sp³-hybridized carbons (Fsp3) is 0.800. The van der Waals surface area contributed by atoms with Crippen LogP contribution in [0.3, 0.4) is 0 Å². The lowest BCUT2D eigenvalue weighted by atomic mass is 9.75. The molecule has 6 heteroatoms. The van der Waals surface area contributed by atoms with Gasteiger partial charge in [-0.25, -0.2) is 4.79 Å². The van der Waals surface area contributed by atoms with Gasteiger partial charge in [0, 0.05) is 5.92 Å². The third-order valence-corrected chi connectivity index (χ3v) is 4.57. The monoisotopic (exact) mass is 315 g/mol. The fourth-order valence-electron chi connectivity index (χ4n) is 2.79. The third kappa shape index (κ3) is 3.59. The lowest BCUT2D eigenvalue weighted by Gasteiger charge is -2.30. The average Bonchev–Trinajstić information content (AvgIpc) is 2.72. The van der Waals surface area contributed by atoms with Crippen molar-refractivity contribution in [1.29, 1.82) is 0 Å². The molecular formula is C15H25NO4S. The van der Waals surface area contributed by atoms with Gasteiger partial charge in [0.1, 0.15) is 5.92 Å². The van der Waals surface area contributed by atoms with Crippen LogP contribution >= 0.6 is 11.8 Å². The van der Waals surface area contributed by atoms with E-state index in [0.29, 0.717) is 24.0 Å². The van der Waals surface area contributed by atoms with E-state index in [1.807, 2.05) is 6.26 Å². The number of methoxy groups -OCH3 is 1. The van der Waals surface area contributed by atoms with Gasteiger partial charge in [-0.3, -0.25) is 9.79 Å². The molecule has 3 atom stereocenters. The highest BCUT2D eigenvalue weighted by Gasteiger charge is 2.55. The first kappa shape index (κ1) is 18.0. The van der Waals surface area contributed by atoms with Gasteiger partial charge < -0.3 is 9.47 Å². The van der Waals surface area contributed by atoms with Crippen LogP contribution in [0.2, 0.25) is 0 Å². The second kappa shape index (κ2) is 7.29. The van der Waals surface area contributed by atoms with Crippen molar-refractivity contribution in [1.82, 2.24) is 0 Å². The van der Waals surface area contributed by atoms with Gasteiger partial charge >= 0.3 is 11.9 Å². The first-order chi connectivity index (χ1) is 9.81. The van der Waals surface area contributed by atoms with Gasteiger partial charge in [-0.05, 0) is 32.4 Å². The van der Waals surface area contributed by atoms with E-state index < -0.39 is 11.5 Å². The first-order valence-electron chi connectivity index (χ1n) is 7.20. The number of hydrogen-bond acceptors (Lipinski definition) is 6. The fourth-order valence-corrected chi connectivity index (χ4v) is 3.59. The first-order valence-corrected chi connectivity index (χ1v) is 8.43. The zero-order valence-corrected chi connectivity index (χ0v) is 14.5. The molecule has 0 radical (unpaired) electrons. The van der Waals surface area contributed by atoms with Gasteiger partial charge in [0.2, 0.25) is 0 Å². The van der Waals surface area contributed by atoms with Crippen LogP contribution in [0.25, 0.3) is 0 Å². The number of thioether (sulfide) groups is 1. The second-order valence-corrected chi connectivity index (χ2v) is 6.59. The molecule has 1 aliphatic rings. The molecule has 0 aromatic rings. The summed E-state index contributed by atoms with van der Waals surface area (Å²) in [6.45, 7) is 7.96. The van der Waals surface area contributed by atoms with E-state index in [-0.39, 0.29) is 17.9 Å². The Balaban J connectivity index is 3.24. The number of esters is 2. The summed E-state index contributed by atoms with van der Waals surface area (Å²) in [5.74, 6) is -1.07. The van der Waals surface area contributed by atoms with Crippen molar-refractivity contribution >= 4 is 28.7 Å². The molecule has 0 amide bonds. The summed E-state index contributed by atoms with van der Waals surface area (Å²) in [5.41, 5.74) is -1.02. The minimum atomic E-state index is -1.02. The van der Waals surface area contributed by atoms with Gasteiger partial charge in [0.05, 0.1) is 18.8 Å². The zero-order chi connectivity index (χ0) is 16.2. The van der Waals surface area contributed by atoms with E-state index in [0.717, 1.165) is 0 Å². The molecule has 1 aliphatic heterocycles. The molecule has 0 saturated carbocycles. The van der Waals surface area contributed by atoms with Crippen molar-refractivity contribution in [3.05, 3.63) is 0 Å². The predicted octanol–water partition coefficient (Wildman–Crippen LogP) is 2.53. The maximum absolute atomic E-state index is 12.4. The van der Waals surface area contributed by atoms with Crippen LogP contribution in [0.5, 0.6) is 0 Å². The summed E-state index contributed by atoms with van der Waals surface area (Å²) in [5, 5.41) is 0.656. The summed E-state index contributed by atoms with van der Waals surface area (Å²) in [7, 11) is 1.37. The Hall–Kier alpha value is -1.04. The van der Waals surface area contributed by atoms with Crippen molar-refractivity contribution in [3.8, 4) is 0 Å². The van der Waals surface area contributed by atoms with Crippen LogP contribution in [-0.2, 0) is 19.1 Å². The molecule has 120 valence electrons. The Morgan fingerprint density at radius 1 is 1.43 bits per heavy atom. The molecule has 0 aromatic heterocycles. The number of aliphatic imine (C=N–C) groups is 1. The Labute approximate surface area is 130 Å². The molecule has 0 unspecified atom stereocenters. The number of rotatable bonds is 5. The van der Waals surface area contributed by atoms with Crippen molar-refractivity contribution in [3.63, 3.8) is 0 Å². The third-order valence-electron chi connectivity index (χ3n) is 3.81. The Kier molecular flexibility index (Phi) is 6.25. The van der Waals surface area contributed by atoms with Crippen LogP contribution in [0.1, 0.15) is 34.1 Å². The molecule has 0 spiro atoms. The summed E-state index contributed by atoms with van der Waals surface area (Å²) in [6, 6.07) is 0.